The number of pyridine rings is 1. The van der Waals surface area contributed by atoms with Crippen molar-refractivity contribution in [3.63, 3.8) is 0 Å². The molecule has 1 heterocycles. The van der Waals surface area contributed by atoms with Gasteiger partial charge in [-0.1, -0.05) is 49.4 Å². The van der Waals surface area contributed by atoms with Gasteiger partial charge in [-0.15, -0.1) is 0 Å². The molecule has 2 aromatic carbocycles. The normalized spacial score (nSPS) is 10.7. The van der Waals surface area contributed by atoms with Crippen molar-refractivity contribution in [2.45, 2.75) is 26.2 Å². The van der Waals surface area contributed by atoms with Crippen LogP contribution in [0.25, 0.3) is 10.8 Å². The predicted octanol–water partition coefficient (Wildman–Crippen LogP) is 4.26. The van der Waals surface area contributed by atoms with Gasteiger partial charge in [0.1, 0.15) is 0 Å². The van der Waals surface area contributed by atoms with Crippen molar-refractivity contribution in [3.8, 4) is 0 Å². The van der Waals surface area contributed by atoms with E-state index in [0.29, 0.717) is 13.0 Å². The Morgan fingerprint density at radius 2 is 1.81 bits per heavy atom. The van der Waals surface area contributed by atoms with Crippen LogP contribution < -0.4 is 0 Å². The summed E-state index contributed by atoms with van der Waals surface area (Å²) in [6, 6.07) is 17.8. The van der Waals surface area contributed by atoms with Gasteiger partial charge in [0.25, 0.3) is 0 Å². The second-order valence-electron chi connectivity index (χ2n) is 6.63. The Kier molecular flexibility index (Phi) is 6.31. The minimum atomic E-state index is 0.139. The first kappa shape index (κ1) is 18.8. The van der Waals surface area contributed by atoms with E-state index in [1.54, 1.807) is 6.20 Å². The second kappa shape index (κ2) is 9.08. The molecule has 0 bridgehead atoms. The Bertz CT molecular complexity index is 921. The summed E-state index contributed by atoms with van der Waals surface area (Å²) in [5.74, 6) is 0.139. The molecule has 4 nitrogen and oxygen atoms in total. The van der Waals surface area contributed by atoms with E-state index in [-0.39, 0.29) is 5.91 Å². The van der Waals surface area contributed by atoms with Gasteiger partial charge in [-0.05, 0) is 40.5 Å². The number of carbonyl (C=O) groups is 1. The highest BCUT2D eigenvalue weighted by Crippen LogP contribution is 2.23. The molecule has 0 saturated heterocycles. The van der Waals surface area contributed by atoms with E-state index in [1.165, 1.54) is 6.21 Å². The maximum absolute atomic E-state index is 13.0. The molecule has 4 heteroatoms. The summed E-state index contributed by atoms with van der Waals surface area (Å²) in [6.45, 7) is 3.53. The molecule has 0 unspecified atom stereocenters. The minimum Gasteiger partial charge on any atom is -0.342 e. The quantitative estimate of drug-likeness (QED) is 0.611. The molecule has 0 saturated carbocycles. The maximum Gasteiger partial charge on any atom is 0.227 e. The van der Waals surface area contributed by atoms with Gasteiger partial charge >= 0.3 is 0 Å². The molecule has 0 aliphatic rings. The molecular weight excluding hydrogens is 334 g/mol. The van der Waals surface area contributed by atoms with Gasteiger partial charge in [0, 0.05) is 37.6 Å². The first-order valence-corrected chi connectivity index (χ1v) is 9.41. The third kappa shape index (κ3) is 4.59. The molecule has 0 aliphatic heterocycles. The van der Waals surface area contributed by atoms with Crippen molar-refractivity contribution in [2.24, 2.45) is 0 Å². The number of fused-ring (bicyclic) bond motifs is 1. The highest BCUT2D eigenvalue weighted by Gasteiger charge is 2.15. The van der Waals surface area contributed by atoms with E-state index in [4.69, 9.17) is 5.41 Å². The van der Waals surface area contributed by atoms with Crippen molar-refractivity contribution in [2.75, 3.05) is 13.1 Å². The van der Waals surface area contributed by atoms with Crippen molar-refractivity contribution in [1.82, 2.24) is 9.88 Å². The summed E-state index contributed by atoms with van der Waals surface area (Å²) in [7, 11) is 0. The molecule has 27 heavy (non-hydrogen) atoms. The number of amides is 1. The van der Waals surface area contributed by atoms with Crippen LogP contribution in [0.4, 0.5) is 0 Å². The summed E-state index contributed by atoms with van der Waals surface area (Å²) in [5.41, 5.74) is 2.90. The van der Waals surface area contributed by atoms with E-state index >= 15 is 0 Å². The van der Waals surface area contributed by atoms with Crippen molar-refractivity contribution >= 4 is 22.9 Å². The summed E-state index contributed by atoms with van der Waals surface area (Å²) in [6.07, 6.45) is 5.23. The van der Waals surface area contributed by atoms with E-state index in [0.717, 1.165) is 47.0 Å². The SMILES string of the molecule is CCCN(CCc1ccccn1)C(=O)Cc1ccc(C=N)c2ccccc12. The van der Waals surface area contributed by atoms with E-state index in [9.17, 15) is 4.79 Å². The molecule has 0 fully saturated rings. The Labute approximate surface area is 160 Å². The molecule has 138 valence electrons. The van der Waals surface area contributed by atoms with Crippen molar-refractivity contribution < 1.29 is 4.79 Å². The number of rotatable bonds is 8. The average molecular weight is 359 g/mol. The number of nitrogens with zero attached hydrogens (tertiary/aromatic N) is 2. The van der Waals surface area contributed by atoms with Crippen LogP contribution in [-0.4, -0.2) is 35.1 Å². The molecule has 3 aromatic rings. The zero-order valence-corrected chi connectivity index (χ0v) is 15.7. The third-order valence-corrected chi connectivity index (χ3v) is 4.76. The van der Waals surface area contributed by atoms with Gasteiger partial charge in [-0.3, -0.25) is 9.78 Å². The molecule has 0 spiro atoms. The Morgan fingerprint density at radius 1 is 1.04 bits per heavy atom. The van der Waals surface area contributed by atoms with Crippen LogP contribution in [0.15, 0.2) is 60.8 Å². The fourth-order valence-electron chi connectivity index (χ4n) is 3.37. The van der Waals surface area contributed by atoms with Crippen LogP contribution in [0, 0.1) is 5.41 Å². The molecule has 3 rings (SSSR count). The number of nitrogens with one attached hydrogen (secondary N) is 1. The fourth-order valence-corrected chi connectivity index (χ4v) is 3.37. The van der Waals surface area contributed by atoms with Crippen LogP contribution in [-0.2, 0) is 17.6 Å². The number of hydrogen-bond donors (Lipinski definition) is 1. The topological polar surface area (TPSA) is 57.1 Å². The highest BCUT2D eigenvalue weighted by molar-refractivity contribution is 6.01. The zero-order valence-electron chi connectivity index (χ0n) is 15.7. The number of carbonyl (C=O) groups excluding carboxylic acids is 1. The van der Waals surface area contributed by atoms with Crippen LogP contribution >= 0.6 is 0 Å². The van der Waals surface area contributed by atoms with E-state index in [2.05, 4.69) is 11.9 Å². The standard InChI is InChI=1S/C23H25N3O/c1-2-14-26(15-12-20-7-5-6-13-25-20)23(27)16-18-10-11-19(17-24)22-9-4-3-8-21(18)22/h3-11,13,17,24H,2,12,14-16H2,1H3. The van der Waals surface area contributed by atoms with Crippen LogP contribution in [0.2, 0.25) is 0 Å². The lowest BCUT2D eigenvalue weighted by molar-refractivity contribution is -0.130. The average Bonchev–Trinajstić information content (AvgIpc) is 2.72. The number of aromatic nitrogens is 1. The lowest BCUT2D eigenvalue weighted by Crippen LogP contribution is -2.35. The predicted molar refractivity (Wildman–Crippen MR) is 110 cm³/mol. The molecule has 1 N–H and O–H groups in total. The van der Waals surface area contributed by atoms with Crippen LogP contribution in [0.1, 0.15) is 30.2 Å². The van der Waals surface area contributed by atoms with Gasteiger partial charge in [-0.2, -0.15) is 0 Å². The third-order valence-electron chi connectivity index (χ3n) is 4.76. The van der Waals surface area contributed by atoms with Crippen molar-refractivity contribution in [3.05, 3.63) is 77.6 Å². The zero-order chi connectivity index (χ0) is 19.1. The lowest BCUT2D eigenvalue weighted by Gasteiger charge is -2.22. The van der Waals surface area contributed by atoms with Crippen LogP contribution in [0.3, 0.4) is 0 Å². The minimum absolute atomic E-state index is 0.139. The van der Waals surface area contributed by atoms with E-state index in [1.807, 2.05) is 59.5 Å². The number of benzene rings is 2. The van der Waals surface area contributed by atoms with Gasteiger partial charge < -0.3 is 10.3 Å². The van der Waals surface area contributed by atoms with E-state index < -0.39 is 0 Å². The van der Waals surface area contributed by atoms with Gasteiger partial charge in [-0.25, -0.2) is 0 Å². The molecular formula is C23H25N3O. The van der Waals surface area contributed by atoms with Gasteiger partial charge in [0.2, 0.25) is 5.91 Å². The highest BCUT2D eigenvalue weighted by atomic mass is 16.2. The van der Waals surface area contributed by atoms with Gasteiger partial charge in [0.05, 0.1) is 6.42 Å². The number of hydrogen-bond acceptors (Lipinski definition) is 3. The molecule has 1 amide bonds. The Morgan fingerprint density at radius 3 is 2.52 bits per heavy atom. The summed E-state index contributed by atoms with van der Waals surface area (Å²) >= 11 is 0. The van der Waals surface area contributed by atoms with Crippen molar-refractivity contribution in [1.29, 1.82) is 5.41 Å². The first-order chi connectivity index (χ1) is 13.2. The Balaban J connectivity index is 1.77. The summed E-state index contributed by atoms with van der Waals surface area (Å²) in [4.78, 5) is 19.3. The first-order valence-electron chi connectivity index (χ1n) is 9.41. The summed E-state index contributed by atoms with van der Waals surface area (Å²) < 4.78 is 0. The largest absolute Gasteiger partial charge is 0.342 e. The molecule has 0 atom stereocenters. The smallest absolute Gasteiger partial charge is 0.227 e. The van der Waals surface area contributed by atoms with Crippen LogP contribution in [0.5, 0.6) is 0 Å². The Hall–Kier alpha value is -3.01. The fraction of sp³-hybridized carbons (Fsp3) is 0.261. The second-order valence-corrected chi connectivity index (χ2v) is 6.63. The monoisotopic (exact) mass is 359 g/mol. The molecule has 0 radical (unpaired) electrons. The molecule has 1 aromatic heterocycles. The van der Waals surface area contributed by atoms with Gasteiger partial charge in [0.15, 0.2) is 0 Å². The maximum atomic E-state index is 13.0. The molecule has 0 aliphatic carbocycles. The summed E-state index contributed by atoms with van der Waals surface area (Å²) in [5, 5.41) is 9.66. The lowest BCUT2D eigenvalue weighted by atomic mass is 9.98.